The first kappa shape index (κ1) is 16.9. The van der Waals surface area contributed by atoms with E-state index in [-0.39, 0.29) is 5.78 Å². The van der Waals surface area contributed by atoms with Crippen molar-refractivity contribution in [3.63, 3.8) is 0 Å². The third kappa shape index (κ3) is 4.05. The van der Waals surface area contributed by atoms with E-state index < -0.39 is 0 Å². The second-order valence-electron chi connectivity index (χ2n) is 4.66. The number of hydrogen-bond acceptors (Lipinski definition) is 4. The molecule has 0 atom stereocenters. The predicted molar refractivity (Wildman–Crippen MR) is 90.9 cm³/mol. The number of allylic oxidation sites excluding steroid dienone is 1. The second-order valence-corrected chi connectivity index (χ2v) is 5.10. The van der Waals surface area contributed by atoms with Crippen LogP contribution in [0.25, 0.3) is 6.08 Å². The van der Waals surface area contributed by atoms with Crippen LogP contribution in [0.3, 0.4) is 0 Å². The molecule has 2 aromatic carbocycles. The van der Waals surface area contributed by atoms with Gasteiger partial charge in [-0.05, 0) is 48.0 Å². The smallest absolute Gasteiger partial charge is 0.203 e. The molecule has 0 bridgehead atoms. The fourth-order valence-electron chi connectivity index (χ4n) is 2.08. The molecule has 0 saturated heterocycles. The molecule has 0 radical (unpaired) electrons. The zero-order chi connectivity index (χ0) is 16.8. The molecule has 4 nitrogen and oxygen atoms in total. The van der Waals surface area contributed by atoms with Gasteiger partial charge in [0.25, 0.3) is 0 Å². The number of carbonyl (C=O) groups excluding carboxylic acids is 1. The van der Waals surface area contributed by atoms with E-state index in [2.05, 4.69) is 0 Å². The highest BCUT2D eigenvalue weighted by Crippen LogP contribution is 2.38. The summed E-state index contributed by atoms with van der Waals surface area (Å²) in [5.41, 5.74) is 1.33. The van der Waals surface area contributed by atoms with Gasteiger partial charge in [-0.2, -0.15) is 0 Å². The summed E-state index contributed by atoms with van der Waals surface area (Å²) in [6.45, 7) is 0. The Bertz CT molecular complexity index is 695. The molecular weight excluding hydrogens is 316 g/mol. The molecule has 0 heterocycles. The van der Waals surface area contributed by atoms with Crippen molar-refractivity contribution in [3.8, 4) is 17.2 Å². The Labute approximate surface area is 140 Å². The van der Waals surface area contributed by atoms with Crippen LogP contribution in [0.2, 0.25) is 5.02 Å². The molecule has 0 aromatic heterocycles. The van der Waals surface area contributed by atoms with E-state index in [0.717, 1.165) is 5.56 Å². The van der Waals surface area contributed by atoms with Crippen LogP contribution in [0.15, 0.2) is 42.5 Å². The number of ether oxygens (including phenoxy) is 3. The van der Waals surface area contributed by atoms with E-state index in [1.54, 1.807) is 63.8 Å². The summed E-state index contributed by atoms with van der Waals surface area (Å²) in [5, 5.41) is 0.593. The molecule has 0 fully saturated rings. The summed E-state index contributed by atoms with van der Waals surface area (Å²) in [6.07, 6.45) is 3.19. The van der Waals surface area contributed by atoms with Gasteiger partial charge in [-0.25, -0.2) is 0 Å². The highest BCUT2D eigenvalue weighted by Gasteiger charge is 2.12. The Balaban J connectivity index is 2.28. The van der Waals surface area contributed by atoms with Gasteiger partial charge < -0.3 is 14.2 Å². The molecule has 0 aliphatic carbocycles. The molecule has 0 saturated carbocycles. The van der Waals surface area contributed by atoms with E-state index in [1.807, 2.05) is 0 Å². The van der Waals surface area contributed by atoms with Crippen LogP contribution in [0.4, 0.5) is 0 Å². The highest BCUT2D eigenvalue weighted by atomic mass is 35.5. The number of halogens is 1. The van der Waals surface area contributed by atoms with Crippen molar-refractivity contribution >= 4 is 23.5 Å². The highest BCUT2D eigenvalue weighted by molar-refractivity contribution is 6.30. The molecule has 5 heteroatoms. The summed E-state index contributed by atoms with van der Waals surface area (Å²) in [7, 11) is 4.63. The summed E-state index contributed by atoms with van der Waals surface area (Å²) in [6, 6.07) is 10.3. The molecule has 0 amide bonds. The van der Waals surface area contributed by atoms with Gasteiger partial charge in [0.2, 0.25) is 5.75 Å². The summed E-state index contributed by atoms with van der Waals surface area (Å²) < 4.78 is 15.8. The molecule has 0 spiro atoms. The lowest BCUT2D eigenvalue weighted by molar-refractivity contribution is 0.104. The van der Waals surface area contributed by atoms with Gasteiger partial charge in [-0.15, -0.1) is 0 Å². The fourth-order valence-corrected chi connectivity index (χ4v) is 2.21. The molecule has 0 aliphatic heterocycles. The lowest BCUT2D eigenvalue weighted by Gasteiger charge is -2.12. The number of ketones is 1. The topological polar surface area (TPSA) is 44.8 Å². The van der Waals surface area contributed by atoms with Crippen LogP contribution in [0.1, 0.15) is 15.9 Å². The van der Waals surface area contributed by atoms with Gasteiger partial charge in [-0.3, -0.25) is 4.79 Å². The molecular formula is C18H17ClO4. The average molecular weight is 333 g/mol. The van der Waals surface area contributed by atoms with E-state index in [1.165, 1.54) is 6.08 Å². The lowest BCUT2D eigenvalue weighted by atomic mass is 10.1. The maximum absolute atomic E-state index is 12.1. The monoisotopic (exact) mass is 332 g/mol. The maximum atomic E-state index is 12.1. The minimum absolute atomic E-state index is 0.115. The summed E-state index contributed by atoms with van der Waals surface area (Å²) >= 11 is 5.82. The van der Waals surface area contributed by atoms with Gasteiger partial charge in [0.05, 0.1) is 21.3 Å². The zero-order valence-electron chi connectivity index (χ0n) is 13.1. The molecule has 2 aromatic rings. The first-order valence-corrected chi connectivity index (χ1v) is 7.24. The Morgan fingerprint density at radius 1 is 0.957 bits per heavy atom. The number of rotatable bonds is 6. The number of benzene rings is 2. The van der Waals surface area contributed by atoms with E-state index in [4.69, 9.17) is 25.8 Å². The van der Waals surface area contributed by atoms with Gasteiger partial charge in [0.1, 0.15) is 0 Å². The molecule has 0 N–H and O–H groups in total. The van der Waals surface area contributed by atoms with Crippen molar-refractivity contribution in [2.75, 3.05) is 21.3 Å². The Hall–Kier alpha value is -2.46. The maximum Gasteiger partial charge on any atom is 0.203 e. The van der Waals surface area contributed by atoms with Crippen LogP contribution in [-0.2, 0) is 0 Å². The van der Waals surface area contributed by atoms with Crippen molar-refractivity contribution < 1.29 is 19.0 Å². The minimum Gasteiger partial charge on any atom is -0.493 e. The number of methoxy groups -OCH3 is 3. The van der Waals surface area contributed by atoms with Crippen molar-refractivity contribution in [1.82, 2.24) is 0 Å². The molecule has 0 aliphatic rings. The summed E-state index contributed by atoms with van der Waals surface area (Å²) in [4.78, 5) is 12.1. The molecule has 2 rings (SSSR count). The Morgan fingerprint density at radius 2 is 1.52 bits per heavy atom. The molecule has 23 heavy (non-hydrogen) atoms. The van der Waals surface area contributed by atoms with Gasteiger partial charge in [0, 0.05) is 10.6 Å². The average Bonchev–Trinajstić information content (AvgIpc) is 2.59. The standard InChI is InChI=1S/C18H17ClO4/c1-21-16-10-12(11-17(22-2)18(16)23-3)4-9-15(20)13-5-7-14(19)8-6-13/h4-11H,1-3H3/b9-4+. The van der Waals surface area contributed by atoms with E-state index in [9.17, 15) is 4.79 Å². The second kappa shape index (κ2) is 7.70. The largest absolute Gasteiger partial charge is 0.493 e. The van der Waals surface area contributed by atoms with Crippen LogP contribution >= 0.6 is 11.6 Å². The van der Waals surface area contributed by atoms with Gasteiger partial charge >= 0.3 is 0 Å². The van der Waals surface area contributed by atoms with Gasteiger partial charge in [0.15, 0.2) is 17.3 Å². The van der Waals surface area contributed by atoms with Crippen LogP contribution in [0, 0.1) is 0 Å². The Morgan fingerprint density at radius 3 is 2.00 bits per heavy atom. The van der Waals surface area contributed by atoms with Crippen LogP contribution < -0.4 is 14.2 Å². The minimum atomic E-state index is -0.115. The first-order chi connectivity index (χ1) is 11.1. The van der Waals surface area contributed by atoms with E-state index >= 15 is 0 Å². The van der Waals surface area contributed by atoms with Crippen molar-refractivity contribution in [2.45, 2.75) is 0 Å². The van der Waals surface area contributed by atoms with Crippen LogP contribution in [0.5, 0.6) is 17.2 Å². The van der Waals surface area contributed by atoms with Crippen LogP contribution in [-0.4, -0.2) is 27.1 Å². The molecule has 0 unspecified atom stereocenters. The van der Waals surface area contributed by atoms with Crippen molar-refractivity contribution in [1.29, 1.82) is 0 Å². The Kier molecular flexibility index (Phi) is 5.66. The lowest BCUT2D eigenvalue weighted by Crippen LogP contribution is -1.96. The number of carbonyl (C=O) groups is 1. The fraction of sp³-hybridized carbons (Fsp3) is 0.167. The summed E-state index contributed by atoms with van der Waals surface area (Å²) in [5.74, 6) is 1.46. The molecule has 120 valence electrons. The van der Waals surface area contributed by atoms with Crippen molar-refractivity contribution in [2.24, 2.45) is 0 Å². The third-order valence-electron chi connectivity index (χ3n) is 3.24. The third-order valence-corrected chi connectivity index (χ3v) is 3.49. The first-order valence-electron chi connectivity index (χ1n) is 6.87. The normalized spacial score (nSPS) is 10.6. The van der Waals surface area contributed by atoms with E-state index in [0.29, 0.717) is 27.8 Å². The predicted octanol–water partition coefficient (Wildman–Crippen LogP) is 4.26. The zero-order valence-corrected chi connectivity index (χ0v) is 13.9. The van der Waals surface area contributed by atoms with Crippen molar-refractivity contribution in [3.05, 3.63) is 58.6 Å². The quantitative estimate of drug-likeness (QED) is 0.585. The SMILES string of the molecule is COc1cc(/C=C/C(=O)c2ccc(Cl)cc2)cc(OC)c1OC. The number of hydrogen-bond donors (Lipinski definition) is 0. The van der Waals surface area contributed by atoms with Gasteiger partial charge in [-0.1, -0.05) is 17.7 Å².